The van der Waals surface area contributed by atoms with Crippen LogP contribution in [0.2, 0.25) is 0 Å². The van der Waals surface area contributed by atoms with Crippen molar-refractivity contribution in [2.24, 2.45) is 0 Å². The first kappa shape index (κ1) is 16.0. The predicted octanol–water partition coefficient (Wildman–Crippen LogP) is -0.827. The number of aliphatic hydroxyl groups excluding tert-OH is 1. The van der Waals surface area contributed by atoms with Crippen molar-refractivity contribution in [3.8, 4) is 0 Å². The molecule has 0 heterocycles. The van der Waals surface area contributed by atoms with E-state index < -0.39 is 5.97 Å². The van der Waals surface area contributed by atoms with Gasteiger partial charge in [0.05, 0.1) is 0 Å². The molecule has 0 aromatic carbocycles. The van der Waals surface area contributed by atoms with E-state index >= 15 is 0 Å². The summed E-state index contributed by atoms with van der Waals surface area (Å²) >= 11 is 0. The molecule has 0 aliphatic heterocycles. The Hall–Kier alpha value is 1.00. The molecule has 0 aliphatic carbocycles. The first-order valence-corrected chi connectivity index (χ1v) is 1.95. The van der Waals surface area contributed by atoms with Gasteiger partial charge in [0.1, 0.15) is 0 Å². The van der Waals surface area contributed by atoms with Gasteiger partial charge in [-0.25, -0.2) is 0 Å². The van der Waals surface area contributed by atoms with Crippen molar-refractivity contribution in [3.05, 3.63) is 0 Å². The van der Waals surface area contributed by atoms with Crippen LogP contribution in [-0.2, 0) is 4.79 Å². The van der Waals surface area contributed by atoms with Crippen LogP contribution >= 0.6 is 0 Å². The molecule has 8 heavy (non-hydrogen) atoms. The average Bonchev–Trinajstić information content (AvgIpc) is 1.33. The Bertz CT molecular complexity index is 42.5. The van der Waals surface area contributed by atoms with Gasteiger partial charge in [0.15, 0.2) is 0 Å². The number of aliphatic hydroxyl groups is 1. The van der Waals surface area contributed by atoms with Crippen molar-refractivity contribution in [1.29, 1.82) is 0 Å². The van der Waals surface area contributed by atoms with Crippen LogP contribution < -0.4 is 0 Å². The third-order valence-electron chi connectivity index (χ3n) is 0. The molecule has 0 radical (unpaired) electrons. The van der Waals surface area contributed by atoms with Gasteiger partial charge in [-0.05, 0) is 6.92 Å². The fraction of sp³-hybridized carbons (Fsp3) is 0.750. The van der Waals surface area contributed by atoms with Gasteiger partial charge in [-0.15, -0.1) is 0 Å². The Kier molecular flexibility index (Phi) is 31.4. The van der Waals surface area contributed by atoms with Crippen LogP contribution in [0.4, 0.5) is 0 Å². The molecule has 0 atom stereocenters. The minimum atomic E-state index is -0.833. The van der Waals surface area contributed by atoms with Crippen LogP contribution in [0.15, 0.2) is 0 Å². The molecule has 0 spiro atoms. The van der Waals surface area contributed by atoms with Gasteiger partial charge < -0.3 is 10.2 Å². The summed E-state index contributed by atoms with van der Waals surface area (Å²) in [6, 6.07) is 0. The van der Waals surface area contributed by atoms with Crippen molar-refractivity contribution in [3.63, 3.8) is 0 Å². The molecular formula is C4H12BaO3. The van der Waals surface area contributed by atoms with Gasteiger partial charge in [0.25, 0.3) is 5.97 Å². The summed E-state index contributed by atoms with van der Waals surface area (Å²) in [4.78, 5) is 9.00. The normalized spacial score (nSPS) is 5.38. The molecule has 0 rings (SSSR count). The number of hydrogen-bond donors (Lipinski definition) is 2. The maximum absolute atomic E-state index is 9.00. The van der Waals surface area contributed by atoms with Crippen molar-refractivity contribution in [2.45, 2.75) is 13.8 Å². The standard InChI is InChI=1S/C2H4O2.C2H6O.Ba.2H/c1-2(3)4;1-2-3;;;/h1H3,(H,3,4);3H,2H2,1H3;;;. The average molecular weight is 245 g/mol. The molecule has 0 bridgehead atoms. The molecule has 0 saturated heterocycles. The maximum atomic E-state index is 9.00. The zero-order valence-corrected chi connectivity index (χ0v) is 4.51. The third-order valence-corrected chi connectivity index (χ3v) is 0. The Balaban J connectivity index is -0.0000000575. The molecule has 3 nitrogen and oxygen atoms in total. The number of aliphatic carboxylic acids is 1. The molecule has 2 N–H and O–H groups in total. The molecule has 4 heteroatoms. The number of hydrogen-bond acceptors (Lipinski definition) is 2. The Morgan fingerprint density at radius 1 is 1.62 bits per heavy atom. The molecule has 0 unspecified atom stereocenters. The molecular weight excluding hydrogens is 233 g/mol. The van der Waals surface area contributed by atoms with Crippen molar-refractivity contribution in [2.75, 3.05) is 6.61 Å². The van der Waals surface area contributed by atoms with Crippen LogP contribution in [0.5, 0.6) is 0 Å². The second-order valence-electron chi connectivity index (χ2n) is 0.835. The summed E-state index contributed by atoms with van der Waals surface area (Å²) in [5.41, 5.74) is 0. The van der Waals surface area contributed by atoms with Crippen molar-refractivity contribution in [1.82, 2.24) is 0 Å². The zero-order valence-electron chi connectivity index (χ0n) is 4.51. The van der Waals surface area contributed by atoms with E-state index in [1.165, 1.54) is 0 Å². The molecule has 48 valence electrons. The molecule has 0 aromatic rings. The van der Waals surface area contributed by atoms with Crippen molar-refractivity contribution < 1.29 is 15.0 Å². The minimum absolute atomic E-state index is 0. The van der Waals surface area contributed by atoms with Crippen LogP contribution in [0.1, 0.15) is 13.8 Å². The van der Waals surface area contributed by atoms with Gasteiger partial charge in [-0.1, -0.05) is 0 Å². The number of carboxylic acids is 1. The first-order chi connectivity index (χ1) is 3.15. The molecule has 0 amide bonds. The summed E-state index contributed by atoms with van der Waals surface area (Å²) in [5.74, 6) is -0.833. The summed E-state index contributed by atoms with van der Waals surface area (Å²) in [5, 5.41) is 15.0. The zero-order chi connectivity index (χ0) is 6.28. The quantitative estimate of drug-likeness (QED) is 0.548. The Morgan fingerprint density at radius 2 is 1.62 bits per heavy atom. The number of carbonyl (C=O) groups is 1. The topological polar surface area (TPSA) is 57.5 Å². The second kappa shape index (κ2) is 15.7. The molecule has 0 saturated carbocycles. The van der Waals surface area contributed by atoms with Crippen LogP contribution in [0.25, 0.3) is 0 Å². The number of rotatable bonds is 0. The van der Waals surface area contributed by atoms with Gasteiger partial charge in [-0.2, -0.15) is 0 Å². The van der Waals surface area contributed by atoms with E-state index in [4.69, 9.17) is 15.0 Å². The monoisotopic (exact) mass is 246 g/mol. The fourth-order valence-corrected chi connectivity index (χ4v) is 0. The summed E-state index contributed by atoms with van der Waals surface area (Å²) in [7, 11) is 0. The van der Waals surface area contributed by atoms with Crippen LogP contribution in [-0.4, -0.2) is 71.7 Å². The Morgan fingerprint density at radius 3 is 1.62 bits per heavy atom. The summed E-state index contributed by atoms with van der Waals surface area (Å²) in [6.45, 7) is 3.01. The molecule has 0 fully saturated rings. The Labute approximate surface area is 89.2 Å². The molecule has 0 aliphatic rings. The van der Waals surface area contributed by atoms with E-state index in [1.807, 2.05) is 0 Å². The summed E-state index contributed by atoms with van der Waals surface area (Å²) in [6.07, 6.45) is 0. The van der Waals surface area contributed by atoms with Crippen LogP contribution in [0.3, 0.4) is 0 Å². The SMILES string of the molecule is CC(=O)O.CCO.[BaH2]. The van der Waals surface area contributed by atoms with E-state index in [-0.39, 0.29) is 55.5 Å². The van der Waals surface area contributed by atoms with E-state index in [0.29, 0.717) is 0 Å². The van der Waals surface area contributed by atoms with Gasteiger partial charge in [0, 0.05) is 13.5 Å². The third kappa shape index (κ3) is 251. The first-order valence-electron chi connectivity index (χ1n) is 1.95. The van der Waals surface area contributed by atoms with Gasteiger partial charge in [-0.3, -0.25) is 4.79 Å². The van der Waals surface area contributed by atoms with E-state index in [0.717, 1.165) is 6.92 Å². The number of carboxylic acid groups (broad SMARTS) is 1. The fourth-order valence-electron chi connectivity index (χ4n) is 0. The van der Waals surface area contributed by atoms with Gasteiger partial charge >= 0.3 is 48.9 Å². The molecule has 0 aromatic heterocycles. The van der Waals surface area contributed by atoms with Gasteiger partial charge in [0.2, 0.25) is 0 Å². The van der Waals surface area contributed by atoms with E-state index in [1.54, 1.807) is 6.92 Å². The predicted molar refractivity (Wildman–Crippen MR) is 34.6 cm³/mol. The van der Waals surface area contributed by atoms with Crippen LogP contribution in [0, 0.1) is 0 Å². The van der Waals surface area contributed by atoms with E-state index in [9.17, 15) is 0 Å². The van der Waals surface area contributed by atoms with Crippen molar-refractivity contribution >= 4 is 54.9 Å². The van der Waals surface area contributed by atoms with E-state index in [2.05, 4.69) is 0 Å². The summed E-state index contributed by atoms with van der Waals surface area (Å²) < 4.78 is 0. The second-order valence-corrected chi connectivity index (χ2v) is 0.835.